The zero-order valence-electron chi connectivity index (χ0n) is 10.2. The summed E-state index contributed by atoms with van der Waals surface area (Å²) in [7, 11) is 0. The highest BCUT2D eigenvalue weighted by Gasteiger charge is 2.25. The molecule has 1 aliphatic rings. The summed E-state index contributed by atoms with van der Waals surface area (Å²) in [6.07, 6.45) is 0.396. The van der Waals surface area contributed by atoms with E-state index in [9.17, 15) is 15.2 Å². The number of thiophene rings is 1. The normalized spacial score (nSPS) is 18.4. The van der Waals surface area contributed by atoms with E-state index in [0.29, 0.717) is 9.88 Å². The molecule has 1 fully saturated rings. The lowest BCUT2D eigenvalue weighted by Gasteiger charge is -2.19. The Kier molecular flexibility index (Phi) is 4.47. The van der Waals surface area contributed by atoms with Crippen molar-refractivity contribution in [2.45, 2.75) is 19.4 Å². The Morgan fingerprint density at radius 3 is 2.94 bits per heavy atom. The predicted octanol–water partition coefficient (Wildman–Crippen LogP) is 2.65. The van der Waals surface area contributed by atoms with Gasteiger partial charge in [0.2, 0.25) is 0 Å². The number of anilines is 1. The van der Waals surface area contributed by atoms with Crippen molar-refractivity contribution < 1.29 is 10.0 Å². The van der Waals surface area contributed by atoms with Crippen LogP contribution in [0.5, 0.6) is 0 Å². The van der Waals surface area contributed by atoms with Gasteiger partial charge in [0.05, 0.1) is 11.0 Å². The molecule has 0 aromatic carbocycles. The third-order valence-electron chi connectivity index (χ3n) is 2.83. The molecule has 1 aliphatic heterocycles. The molecule has 0 bridgehead atoms. The Bertz CT molecular complexity index is 426. The molecular weight excluding hydrogens is 272 g/mol. The molecule has 0 saturated carbocycles. The minimum atomic E-state index is -0.649. The monoisotopic (exact) mass is 288 g/mol. The molecule has 1 N–H and O–H groups in total. The van der Waals surface area contributed by atoms with Crippen molar-refractivity contribution in [1.82, 2.24) is 0 Å². The van der Waals surface area contributed by atoms with E-state index >= 15 is 0 Å². The van der Waals surface area contributed by atoms with Crippen molar-refractivity contribution in [2.75, 3.05) is 29.5 Å². The van der Waals surface area contributed by atoms with Gasteiger partial charge in [-0.1, -0.05) is 0 Å². The van der Waals surface area contributed by atoms with Crippen LogP contribution in [-0.2, 0) is 0 Å². The Balaban J connectivity index is 2.31. The molecule has 1 aromatic heterocycles. The molecule has 0 spiro atoms. The average molecular weight is 288 g/mol. The standard InChI is InChI=1S/C11H16N2O3S2/c1-8(14)10-7-9(13(15)16)11(18-10)12-3-2-5-17-6-4-12/h7-8,14H,2-6H2,1H3. The van der Waals surface area contributed by atoms with Crippen LogP contribution in [0.4, 0.5) is 10.7 Å². The Morgan fingerprint density at radius 2 is 2.28 bits per heavy atom. The molecule has 5 nitrogen and oxygen atoms in total. The molecule has 1 unspecified atom stereocenters. The van der Waals surface area contributed by atoms with E-state index in [-0.39, 0.29) is 10.6 Å². The number of aliphatic hydroxyl groups is 1. The van der Waals surface area contributed by atoms with Gasteiger partial charge in [0.15, 0.2) is 5.00 Å². The second-order valence-electron chi connectivity index (χ2n) is 4.23. The van der Waals surface area contributed by atoms with Crippen LogP contribution in [0.1, 0.15) is 24.3 Å². The number of hydrogen-bond donors (Lipinski definition) is 1. The highest BCUT2D eigenvalue weighted by Crippen LogP contribution is 2.40. The zero-order chi connectivity index (χ0) is 13.1. The third kappa shape index (κ3) is 2.96. The van der Waals surface area contributed by atoms with Gasteiger partial charge in [-0.25, -0.2) is 0 Å². The van der Waals surface area contributed by atoms with Crippen LogP contribution < -0.4 is 4.90 Å². The Morgan fingerprint density at radius 1 is 1.50 bits per heavy atom. The number of hydrogen-bond acceptors (Lipinski definition) is 6. The molecule has 1 atom stereocenters. The number of aliphatic hydroxyl groups excluding tert-OH is 1. The summed E-state index contributed by atoms with van der Waals surface area (Å²) < 4.78 is 0. The van der Waals surface area contributed by atoms with E-state index < -0.39 is 6.10 Å². The Hall–Kier alpha value is -0.790. The lowest BCUT2D eigenvalue weighted by molar-refractivity contribution is -0.383. The van der Waals surface area contributed by atoms with Crippen molar-refractivity contribution in [2.24, 2.45) is 0 Å². The largest absolute Gasteiger partial charge is 0.388 e. The molecule has 7 heteroatoms. The highest BCUT2D eigenvalue weighted by atomic mass is 32.2. The van der Waals surface area contributed by atoms with E-state index in [0.717, 1.165) is 31.0 Å². The fourth-order valence-corrected chi connectivity index (χ4v) is 3.90. The first-order chi connectivity index (χ1) is 8.59. The first kappa shape index (κ1) is 13.6. The predicted molar refractivity (Wildman–Crippen MR) is 75.8 cm³/mol. The summed E-state index contributed by atoms with van der Waals surface area (Å²) in [5, 5.41) is 21.3. The Labute approximate surface area is 114 Å². The van der Waals surface area contributed by atoms with Crippen molar-refractivity contribution >= 4 is 33.8 Å². The summed E-state index contributed by atoms with van der Waals surface area (Å²) in [6, 6.07) is 1.50. The molecule has 2 heterocycles. The van der Waals surface area contributed by atoms with E-state index in [4.69, 9.17) is 0 Å². The second-order valence-corrected chi connectivity index (χ2v) is 6.51. The minimum absolute atomic E-state index is 0.128. The lowest BCUT2D eigenvalue weighted by atomic mass is 10.3. The highest BCUT2D eigenvalue weighted by molar-refractivity contribution is 7.99. The molecule has 0 aliphatic carbocycles. The van der Waals surface area contributed by atoms with Gasteiger partial charge in [-0.15, -0.1) is 11.3 Å². The van der Waals surface area contributed by atoms with Crippen LogP contribution >= 0.6 is 23.1 Å². The van der Waals surface area contributed by atoms with Gasteiger partial charge in [0, 0.05) is 29.8 Å². The minimum Gasteiger partial charge on any atom is -0.388 e. The average Bonchev–Trinajstić information content (AvgIpc) is 2.59. The molecular formula is C11H16N2O3S2. The van der Waals surface area contributed by atoms with Crippen LogP contribution in [-0.4, -0.2) is 34.6 Å². The van der Waals surface area contributed by atoms with E-state index in [1.54, 1.807) is 6.92 Å². The molecule has 100 valence electrons. The van der Waals surface area contributed by atoms with Crippen LogP contribution in [0.3, 0.4) is 0 Å². The number of nitrogens with zero attached hydrogens (tertiary/aromatic N) is 2. The number of rotatable bonds is 3. The fraction of sp³-hybridized carbons (Fsp3) is 0.636. The molecule has 0 radical (unpaired) electrons. The van der Waals surface area contributed by atoms with Crippen molar-refractivity contribution in [3.63, 3.8) is 0 Å². The smallest absolute Gasteiger partial charge is 0.304 e. The first-order valence-electron chi connectivity index (χ1n) is 5.88. The molecule has 1 aromatic rings. The van der Waals surface area contributed by atoms with Gasteiger partial charge in [-0.05, 0) is 19.1 Å². The van der Waals surface area contributed by atoms with E-state index in [2.05, 4.69) is 4.90 Å². The summed E-state index contributed by atoms with van der Waals surface area (Å²) in [4.78, 5) is 13.5. The van der Waals surface area contributed by atoms with Crippen LogP contribution in [0.2, 0.25) is 0 Å². The topological polar surface area (TPSA) is 66.6 Å². The summed E-state index contributed by atoms with van der Waals surface area (Å²) >= 11 is 3.22. The fourth-order valence-electron chi connectivity index (χ4n) is 1.90. The van der Waals surface area contributed by atoms with Crippen LogP contribution in [0.15, 0.2) is 6.07 Å². The van der Waals surface area contributed by atoms with Gasteiger partial charge < -0.3 is 10.0 Å². The third-order valence-corrected chi connectivity index (χ3v) is 5.23. The quantitative estimate of drug-likeness (QED) is 0.684. The maximum atomic E-state index is 11.1. The van der Waals surface area contributed by atoms with Crippen molar-refractivity contribution in [1.29, 1.82) is 0 Å². The number of thioether (sulfide) groups is 1. The summed E-state index contributed by atoms with van der Waals surface area (Å²) in [5.41, 5.74) is 0.128. The van der Waals surface area contributed by atoms with Crippen molar-refractivity contribution in [3.05, 3.63) is 21.1 Å². The lowest BCUT2D eigenvalue weighted by Crippen LogP contribution is -2.25. The first-order valence-corrected chi connectivity index (χ1v) is 7.85. The maximum absolute atomic E-state index is 11.1. The van der Waals surface area contributed by atoms with Gasteiger partial charge in [-0.3, -0.25) is 10.1 Å². The SMILES string of the molecule is CC(O)c1cc([N+](=O)[O-])c(N2CCCSCC2)s1. The number of nitro groups is 1. The zero-order valence-corrected chi connectivity index (χ0v) is 11.8. The summed E-state index contributed by atoms with van der Waals surface area (Å²) in [5.74, 6) is 2.11. The second kappa shape index (κ2) is 5.90. The summed E-state index contributed by atoms with van der Waals surface area (Å²) in [6.45, 7) is 3.33. The molecule has 2 rings (SSSR count). The van der Waals surface area contributed by atoms with Gasteiger partial charge >= 0.3 is 5.69 Å². The van der Waals surface area contributed by atoms with E-state index in [1.807, 2.05) is 11.8 Å². The van der Waals surface area contributed by atoms with Crippen LogP contribution in [0.25, 0.3) is 0 Å². The maximum Gasteiger partial charge on any atom is 0.304 e. The van der Waals surface area contributed by atoms with Crippen LogP contribution in [0, 0.1) is 10.1 Å². The molecule has 1 saturated heterocycles. The van der Waals surface area contributed by atoms with Gasteiger partial charge in [-0.2, -0.15) is 11.8 Å². The van der Waals surface area contributed by atoms with Crippen molar-refractivity contribution in [3.8, 4) is 0 Å². The molecule has 0 amide bonds. The van der Waals surface area contributed by atoms with E-state index in [1.165, 1.54) is 17.4 Å². The van der Waals surface area contributed by atoms with Gasteiger partial charge in [0.1, 0.15) is 0 Å². The molecule has 18 heavy (non-hydrogen) atoms. The van der Waals surface area contributed by atoms with Gasteiger partial charge in [0.25, 0.3) is 0 Å².